The zero-order valence-corrected chi connectivity index (χ0v) is 17.1. The number of morpholine rings is 1. The summed E-state index contributed by atoms with van der Waals surface area (Å²) in [5.74, 6) is 0.675. The molecule has 5 rings (SSSR count). The first-order valence-corrected chi connectivity index (χ1v) is 10.5. The Labute approximate surface area is 179 Å². The molecule has 1 aromatic heterocycles. The summed E-state index contributed by atoms with van der Waals surface area (Å²) in [5.41, 5.74) is 3.24. The monoisotopic (exact) mass is 417 g/mol. The summed E-state index contributed by atoms with van der Waals surface area (Å²) in [6, 6.07) is 15.0. The summed E-state index contributed by atoms with van der Waals surface area (Å²) >= 11 is 0. The van der Waals surface area contributed by atoms with Crippen molar-refractivity contribution in [3.63, 3.8) is 0 Å². The summed E-state index contributed by atoms with van der Waals surface area (Å²) in [6.45, 7) is 2.86. The van der Waals surface area contributed by atoms with Crippen molar-refractivity contribution in [2.75, 3.05) is 32.8 Å². The van der Waals surface area contributed by atoms with E-state index in [2.05, 4.69) is 6.08 Å². The van der Waals surface area contributed by atoms with Gasteiger partial charge in [-0.15, -0.1) is 0 Å². The zero-order chi connectivity index (χ0) is 21.2. The number of fused-ring (bicyclic) bond motifs is 2. The standard InChI is InChI=1S/C25H23NO5/c27-23(16-26-10-12-29-13-11-26)30-19-7-9-22-21(15-19)24(28)20-8-6-18(25(20)31-22)14-17-4-2-1-3-5-17/h1-5,7,9,14-15H,6,8,10-13,16H2. The Bertz CT molecular complexity index is 1210. The number of nitrogens with zero attached hydrogens (tertiary/aromatic N) is 1. The lowest BCUT2D eigenvalue weighted by atomic mass is 10.1. The lowest BCUT2D eigenvalue weighted by Crippen LogP contribution is -2.40. The van der Waals surface area contributed by atoms with Crippen molar-refractivity contribution in [3.05, 3.63) is 75.6 Å². The van der Waals surface area contributed by atoms with Gasteiger partial charge in [-0.25, -0.2) is 0 Å². The molecule has 0 spiro atoms. The van der Waals surface area contributed by atoms with Crippen molar-refractivity contribution >= 4 is 28.6 Å². The van der Waals surface area contributed by atoms with Gasteiger partial charge in [0.15, 0.2) is 5.43 Å². The van der Waals surface area contributed by atoms with Crippen LogP contribution in [0.2, 0.25) is 0 Å². The lowest BCUT2D eigenvalue weighted by molar-refractivity contribution is -0.136. The van der Waals surface area contributed by atoms with Crippen LogP contribution < -0.4 is 10.2 Å². The molecule has 158 valence electrons. The predicted molar refractivity (Wildman–Crippen MR) is 118 cm³/mol. The highest BCUT2D eigenvalue weighted by Gasteiger charge is 2.24. The fraction of sp³-hybridized carbons (Fsp3) is 0.280. The molecule has 0 radical (unpaired) electrons. The Morgan fingerprint density at radius 3 is 2.68 bits per heavy atom. The third-order valence-electron chi connectivity index (χ3n) is 5.72. The molecular formula is C25H23NO5. The molecule has 6 nitrogen and oxygen atoms in total. The molecule has 3 aromatic rings. The Morgan fingerprint density at radius 2 is 1.87 bits per heavy atom. The van der Waals surface area contributed by atoms with Gasteiger partial charge in [-0.3, -0.25) is 14.5 Å². The molecule has 0 saturated carbocycles. The van der Waals surface area contributed by atoms with Crippen molar-refractivity contribution in [2.45, 2.75) is 12.8 Å². The number of benzene rings is 2. The molecule has 0 unspecified atom stereocenters. The number of ether oxygens (including phenoxy) is 2. The number of rotatable bonds is 4. The largest absolute Gasteiger partial charge is 0.456 e. The molecule has 2 aromatic carbocycles. The quantitative estimate of drug-likeness (QED) is 0.478. The van der Waals surface area contributed by atoms with E-state index >= 15 is 0 Å². The van der Waals surface area contributed by atoms with Gasteiger partial charge in [-0.2, -0.15) is 0 Å². The van der Waals surface area contributed by atoms with Crippen LogP contribution in [-0.2, 0) is 16.0 Å². The minimum absolute atomic E-state index is 0.0567. The Kier molecular flexibility index (Phi) is 5.40. The van der Waals surface area contributed by atoms with Crippen molar-refractivity contribution in [1.29, 1.82) is 0 Å². The van der Waals surface area contributed by atoms with Crippen LogP contribution in [-0.4, -0.2) is 43.7 Å². The van der Waals surface area contributed by atoms with Crippen LogP contribution >= 0.6 is 0 Å². The highest BCUT2D eigenvalue weighted by atomic mass is 16.5. The highest BCUT2D eigenvalue weighted by Crippen LogP contribution is 2.34. The van der Waals surface area contributed by atoms with Gasteiger partial charge >= 0.3 is 5.97 Å². The second kappa shape index (κ2) is 8.49. The molecule has 1 saturated heterocycles. The van der Waals surface area contributed by atoms with Gasteiger partial charge in [0.05, 0.1) is 25.1 Å². The van der Waals surface area contributed by atoms with Crippen LogP contribution in [0.1, 0.15) is 23.3 Å². The van der Waals surface area contributed by atoms with Crippen LogP contribution in [0.5, 0.6) is 5.75 Å². The third kappa shape index (κ3) is 4.17. The fourth-order valence-electron chi connectivity index (χ4n) is 4.13. The van der Waals surface area contributed by atoms with Gasteiger partial charge in [-0.05, 0) is 48.3 Å². The molecule has 6 heteroatoms. The Morgan fingerprint density at radius 1 is 1.06 bits per heavy atom. The molecular weight excluding hydrogens is 394 g/mol. The normalized spacial score (nSPS) is 17.7. The Hall–Kier alpha value is -3.22. The summed E-state index contributed by atoms with van der Waals surface area (Å²) in [5, 5.41) is 0.441. The van der Waals surface area contributed by atoms with Crippen molar-refractivity contribution in [3.8, 4) is 5.75 Å². The van der Waals surface area contributed by atoms with Gasteiger partial charge in [0.1, 0.15) is 17.1 Å². The summed E-state index contributed by atoms with van der Waals surface area (Å²) in [4.78, 5) is 27.4. The molecule has 31 heavy (non-hydrogen) atoms. The van der Waals surface area contributed by atoms with Crippen molar-refractivity contribution in [1.82, 2.24) is 4.90 Å². The van der Waals surface area contributed by atoms with E-state index in [4.69, 9.17) is 13.9 Å². The number of allylic oxidation sites excluding steroid dienone is 1. The first-order valence-electron chi connectivity index (χ1n) is 10.5. The summed E-state index contributed by atoms with van der Waals surface area (Å²) < 4.78 is 16.9. The fourth-order valence-corrected chi connectivity index (χ4v) is 4.13. The van der Waals surface area contributed by atoms with Crippen molar-refractivity contribution < 1.29 is 18.7 Å². The molecule has 1 aliphatic carbocycles. The molecule has 1 aliphatic heterocycles. The van der Waals surface area contributed by atoms with Gasteiger partial charge < -0.3 is 13.9 Å². The Balaban J connectivity index is 1.41. The number of carbonyl (C=O) groups is 1. The van der Waals surface area contributed by atoms with Crippen molar-refractivity contribution in [2.24, 2.45) is 0 Å². The minimum Gasteiger partial charge on any atom is -0.456 e. The second-order valence-corrected chi connectivity index (χ2v) is 7.84. The van der Waals surface area contributed by atoms with E-state index in [-0.39, 0.29) is 17.9 Å². The third-order valence-corrected chi connectivity index (χ3v) is 5.72. The zero-order valence-electron chi connectivity index (χ0n) is 17.1. The van der Waals surface area contributed by atoms with Gasteiger partial charge in [0, 0.05) is 18.7 Å². The van der Waals surface area contributed by atoms with Gasteiger partial charge in [0.25, 0.3) is 0 Å². The van der Waals surface area contributed by atoms with E-state index in [9.17, 15) is 9.59 Å². The average molecular weight is 417 g/mol. The van der Waals surface area contributed by atoms with Crippen LogP contribution in [0.15, 0.2) is 57.7 Å². The molecule has 2 aliphatic rings. The SMILES string of the molecule is O=C(CN1CCOCC1)Oc1ccc2oc3c(c(=O)c2c1)CCC3=Cc1ccccc1. The van der Waals surface area contributed by atoms with E-state index in [1.165, 1.54) is 0 Å². The molecule has 2 heterocycles. The number of hydrogen-bond donors (Lipinski definition) is 0. The maximum atomic E-state index is 13.1. The summed E-state index contributed by atoms with van der Waals surface area (Å²) in [6.07, 6.45) is 3.48. The van der Waals surface area contributed by atoms with Crippen LogP contribution in [0.3, 0.4) is 0 Å². The maximum absolute atomic E-state index is 13.1. The second-order valence-electron chi connectivity index (χ2n) is 7.84. The smallest absolute Gasteiger partial charge is 0.325 e. The molecule has 1 fully saturated rings. The number of hydrogen-bond acceptors (Lipinski definition) is 6. The number of carbonyl (C=O) groups excluding carboxylic acids is 1. The first-order chi connectivity index (χ1) is 15.2. The molecule has 0 amide bonds. The average Bonchev–Trinajstić information content (AvgIpc) is 3.18. The van der Waals surface area contributed by atoms with Crippen LogP contribution in [0.4, 0.5) is 0 Å². The minimum atomic E-state index is -0.347. The van der Waals surface area contributed by atoms with Crippen LogP contribution in [0, 0.1) is 0 Å². The van der Waals surface area contributed by atoms with E-state index < -0.39 is 0 Å². The highest BCUT2D eigenvalue weighted by molar-refractivity contribution is 5.87. The first kappa shape index (κ1) is 19.7. The molecule has 0 bridgehead atoms. The molecule has 0 atom stereocenters. The van der Waals surface area contributed by atoms with Crippen LogP contribution in [0.25, 0.3) is 22.6 Å². The van der Waals surface area contributed by atoms with Gasteiger partial charge in [-0.1, -0.05) is 30.3 Å². The van der Waals surface area contributed by atoms with Gasteiger partial charge in [0.2, 0.25) is 0 Å². The topological polar surface area (TPSA) is 69.0 Å². The lowest BCUT2D eigenvalue weighted by Gasteiger charge is -2.25. The maximum Gasteiger partial charge on any atom is 0.325 e. The summed E-state index contributed by atoms with van der Waals surface area (Å²) in [7, 11) is 0. The van der Waals surface area contributed by atoms with E-state index in [1.807, 2.05) is 35.2 Å². The number of esters is 1. The van der Waals surface area contributed by atoms with E-state index in [0.717, 1.165) is 17.6 Å². The van der Waals surface area contributed by atoms with E-state index in [1.54, 1.807) is 18.2 Å². The molecule has 0 N–H and O–H groups in total. The predicted octanol–water partition coefficient (Wildman–Crippen LogP) is 3.52. The van der Waals surface area contributed by atoms with E-state index in [0.29, 0.717) is 60.8 Å².